The number of hydrogen-bond donors (Lipinski definition) is 2. The summed E-state index contributed by atoms with van der Waals surface area (Å²) in [7, 11) is -4.59. The van der Waals surface area contributed by atoms with Crippen LogP contribution in [-0.4, -0.2) is 69.9 Å². The van der Waals surface area contributed by atoms with Crippen molar-refractivity contribution in [3.05, 3.63) is 135 Å². The lowest BCUT2D eigenvalue weighted by molar-refractivity contribution is -0.279. The molecule has 2 aliphatic rings. The zero-order chi connectivity index (χ0) is 39.7. The van der Waals surface area contributed by atoms with Gasteiger partial charge in [0.05, 0.1) is 13.7 Å². The molecule has 6 rings (SSSR count). The van der Waals surface area contributed by atoms with E-state index in [-0.39, 0.29) is 28.8 Å². The van der Waals surface area contributed by atoms with Crippen LogP contribution < -0.4 is 16.0 Å². The van der Waals surface area contributed by atoms with Crippen molar-refractivity contribution >= 4 is 17.1 Å². The normalized spacial score (nSPS) is 24.1. The van der Waals surface area contributed by atoms with E-state index in [0.717, 1.165) is 16.7 Å². The minimum Gasteiger partial charge on any atom is -0.497 e. The monoisotopic (exact) mass is 788 g/mol. The fourth-order valence-electron chi connectivity index (χ4n) is 8.39. The van der Waals surface area contributed by atoms with Gasteiger partial charge in [0.15, 0.2) is 6.23 Å². The van der Waals surface area contributed by atoms with Gasteiger partial charge in [0, 0.05) is 12.3 Å². The fraction of sp³-hybridized carbons (Fsp3) is 0.476. The number of aliphatic hydroxyl groups excluding tert-OH is 1. The highest BCUT2D eigenvalue weighted by molar-refractivity contribution is 6.84. The summed E-state index contributed by atoms with van der Waals surface area (Å²) in [5.41, 5.74) is -0.182. The third-order valence-corrected chi connectivity index (χ3v) is 21.5. The average Bonchev–Trinajstić information content (AvgIpc) is 3.16. The lowest BCUT2D eigenvalue weighted by Crippen LogP contribution is -2.70. The lowest BCUT2D eigenvalue weighted by Gasteiger charge is -2.55. The molecular formula is C42H56N2O9Si2. The van der Waals surface area contributed by atoms with E-state index in [1.165, 1.54) is 16.8 Å². The number of aromatic nitrogens is 2. The van der Waals surface area contributed by atoms with Crippen LogP contribution in [0.1, 0.15) is 78.3 Å². The molecule has 0 saturated carbocycles. The molecular weight excluding hydrogens is 733 g/mol. The Morgan fingerprint density at radius 1 is 0.764 bits per heavy atom. The topological polar surface area (TPSA) is 130 Å². The van der Waals surface area contributed by atoms with Gasteiger partial charge >= 0.3 is 22.8 Å². The van der Waals surface area contributed by atoms with E-state index in [0.29, 0.717) is 5.75 Å². The van der Waals surface area contributed by atoms with Gasteiger partial charge in [-0.05, 0) is 51.0 Å². The molecule has 2 fully saturated rings. The molecule has 0 amide bonds. The smallest absolute Gasteiger partial charge is 0.335 e. The van der Waals surface area contributed by atoms with Gasteiger partial charge in [-0.2, -0.15) is 0 Å². The molecule has 2 aliphatic heterocycles. The Bertz CT molecular complexity index is 1930. The molecule has 0 aliphatic carbocycles. The Labute approximate surface area is 326 Å². The van der Waals surface area contributed by atoms with Crippen LogP contribution in [0.15, 0.2) is 107 Å². The summed E-state index contributed by atoms with van der Waals surface area (Å²) in [6, 6.07) is 28.4. The van der Waals surface area contributed by atoms with Crippen molar-refractivity contribution in [1.29, 1.82) is 0 Å². The maximum atomic E-state index is 13.7. The van der Waals surface area contributed by atoms with Gasteiger partial charge in [0.2, 0.25) is 0 Å². The molecule has 4 aromatic rings. The lowest BCUT2D eigenvalue weighted by atomic mass is 9.79. The van der Waals surface area contributed by atoms with Crippen molar-refractivity contribution in [2.75, 3.05) is 13.7 Å². The minimum absolute atomic E-state index is 0.0163. The van der Waals surface area contributed by atoms with Crippen molar-refractivity contribution in [2.45, 2.75) is 114 Å². The van der Waals surface area contributed by atoms with E-state index >= 15 is 0 Å². The van der Waals surface area contributed by atoms with Gasteiger partial charge < -0.3 is 32.3 Å². The highest BCUT2D eigenvalue weighted by Gasteiger charge is 2.62. The summed E-state index contributed by atoms with van der Waals surface area (Å²) < 4.78 is 43.1. The molecule has 0 spiro atoms. The van der Waals surface area contributed by atoms with Crippen molar-refractivity contribution in [3.63, 3.8) is 0 Å². The van der Waals surface area contributed by atoms with Gasteiger partial charge in [-0.15, -0.1) is 0 Å². The third kappa shape index (κ3) is 7.49. The summed E-state index contributed by atoms with van der Waals surface area (Å²) in [4.78, 5) is 28.4. The first kappa shape index (κ1) is 41.0. The van der Waals surface area contributed by atoms with E-state index in [1.807, 2.05) is 84.9 Å². The average molecular weight is 789 g/mol. The van der Waals surface area contributed by atoms with E-state index in [4.69, 9.17) is 27.2 Å². The van der Waals surface area contributed by atoms with Crippen molar-refractivity contribution < 1.29 is 32.3 Å². The third-order valence-electron chi connectivity index (χ3n) is 11.3. The molecule has 296 valence electrons. The number of benzene rings is 3. The zero-order valence-corrected chi connectivity index (χ0v) is 35.3. The number of hydrogen-bond acceptors (Lipinski definition) is 9. The fourth-order valence-corrected chi connectivity index (χ4v) is 19.6. The maximum Gasteiger partial charge on any atom is 0.335 e. The highest BCUT2D eigenvalue weighted by atomic mass is 28.5. The molecule has 2 saturated heterocycles. The minimum atomic E-state index is -3.23. The number of fused-ring (bicyclic) bond motifs is 1. The van der Waals surface area contributed by atoms with Gasteiger partial charge in [0.1, 0.15) is 35.8 Å². The van der Waals surface area contributed by atoms with Crippen LogP contribution in [0, 0.1) is 0 Å². The number of nitrogens with zero attached hydrogens (tertiary/aromatic N) is 1. The molecule has 3 heterocycles. The summed E-state index contributed by atoms with van der Waals surface area (Å²) >= 11 is 0. The molecule has 0 unspecified atom stereocenters. The largest absolute Gasteiger partial charge is 0.497 e. The number of methoxy groups -OCH3 is 1. The predicted molar refractivity (Wildman–Crippen MR) is 216 cm³/mol. The van der Waals surface area contributed by atoms with Gasteiger partial charge in [-0.3, -0.25) is 14.3 Å². The van der Waals surface area contributed by atoms with Crippen LogP contribution in [0.2, 0.25) is 22.2 Å². The van der Waals surface area contributed by atoms with Crippen LogP contribution in [0.3, 0.4) is 0 Å². The number of aromatic amines is 1. The Kier molecular flexibility index (Phi) is 12.2. The second kappa shape index (κ2) is 16.4. The molecule has 2 N–H and O–H groups in total. The van der Waals surface area contributed by atoms with Crippen LogP contribution in [0.25, 0.3) is 0 Å². The Morgan fingerprint density at radius 2 is 1.29 bits per heavy atom. The standard InChI is InChI=1S/C42H56N2O9Si2/c1-27(2)54(28(3)4)49-26-35-38(52-55(53-54,29(5)6)30(7)8)37(46)39(40(50-35)44-25-24-36(45)43-41(44)47)51-42(31-16-12-10-13-17-31,32-18-14-11-15-19-32)33-20-22-34(48-9)23-21-33/h10-25,27-30,35,37-40,46H,26H2,1-9H3,(H,43,45,47)/t35-,37+,38+,39-,40-/m1/s1. The van der Waals surface area contributed by atoms with Crippen LogP contribution >= 0.6 is 0 Å². The van der Waals surface area contributed by atoms with Gasteiger partial charge in [-0.1, -0.05) is 128 Å². The first-order valence-corrected chi connectivity index (χ1v) is 23.2. The Hall–Kier alpha value is -3.67. The predicted octanol–water partition coefficient (Wildman–Crippen LogP) is 7.14. The van der Waals surface area contributed by atoms with E-state index in [9.17, 15) is 14.7 Å². The van der Waals surface area contributed by atoms with Crippen LogP contribution in [0.5, 0.6) is 5.75 Å². The molecule has 13 heteroatoms. The number of rotatable bonds is 11. The zero-order valence-electron chi connectivity index (χ0n) is 33.3. The summed E-state index contributed by atoms with van der Waals surface area (Å²) in [6.45, 7) is 17.1. The van der Waals surface area contributed by atoms with Crippen molar-refractivity contribution in [3.8, 4) is 5.75 Å². The molecule has 0 bridgehead atoms. The quantitative estimate of drug-likeness (QED) is 0.120. The van der Waals surface area contributed by atoms with E-state index in [2.05, 4.69) is 60.4 Å². The Balaban J connectivity index is 1.59. The molecule has 11 nitrogen and oxygen atoms in total. The summed E-state index contributed by atoms with van der Waals surface area (Å²) in [5.74, 6) is 0.661. The first-order valence-electron chi connectivity index (χ1n) is 19.3. The second-order valence-electron chi connectivity index (χ2n) is 15.9. The highest BCUT2D eigenvalue weighted by Crippen LogP contribution is 2.50. The number of ether oxygens (including phenoxy) is 3. The second-order valence-corrected chi connectivity index (χ2v) is 24.7. The SMILES string of the molecule is COc1ccc(C(O[C@@H]2[C@@H](O)[C@H]3O[Si](C(C)C)(C(C)C)O[Si](C(C)C)(C(C)C)OC[C@H]3O[C@H]2n2ccc(=O)[nH]c2=O)(c2ccccc2)c2ccccc2)cc1. The Morgan fingerprint density at radius 3 is 1.78 bits per heavy atom. The van der Waals surface area contributed by atoms with Gasteiger partial charge in [-0.25, -0.2) is 4.79 Å². The summed E-state index contributed by atoms with van der Waals surface area (Å²) in [5, 5.41) is 13.0. The first-order chi connectivity index (χ1) is 26.2. The van der Waals surface area contributed by atoms with E-state index in [1.54, 1.807) is 7.11 Å². The van der Waals surface area contributed by atoms with Gasteiger partial charge in [0.25, 0.3) is 5.56 Å². The van der Waals surface area contributed by atoms with E-state index < -0.39 is 64.6 Å². The maximum absolute atomic E-state index is 13.7. The van der Waals surface area contributed by atoms with Crippen molar-refractivity contribution in [2.24, 2.45) is 0 Å². The molecule has 0 radical (unpaired) electrons. The number of aliphatic hydroxyl groups is 1. The molecule has 5 atom stereocenters. The number of H-pyrrole nitrogens is 1. The summed E-state index contributed by atoms with van der Waals surface area (Å²) in [6.07, 6.45) is -4.22. The number of nitrogens with one attached hydrogen (secondary N) is 1. The molecule has 55 heavy (non-hydrogen) atoms. The van der Waals surface area contributed by atoms with Crippen LogP contribution in [-0.2, 0) is 28.0 Å². The van der Waals surface area contributed by atoms with Crippen molar-refractivity contribution in [1.82, 2.24) is 9.55 Å². The van der Waals surface area contributed by atoms with Crippen LogP contribution in [0.4, 0.5) is 0 Å². The molecule has 3 aromatic carbocycles. The molecule has 1 aromatic heterocycles.